The number of benzene rings is 1. The van der Waals surface area contributed by atoms with Crippen LogP contribution in [0.3, 0.4) is 0 Å². The predicted molar refractivity (Wildman–Crippen MR) is 75.5 cm³/mol. The van der Waals surface area contributed by atoms with E-state index < -0.39 is 11.8 Å². The van der Waals surface area contributed by atoms with Gasteiger partial charge < -0.3 is 15.0 Å². The van der Waals surface area contributed by atoms with Crippen molar-refractivity contribution in [1.29, 1.82) is 0 Å². The minimum Gasteiger partial charge on any atom is -0.496 e. The Morgan fingerprint density at radius 3 is 2.65 bits per heavy atom. The Labute approximate surface area is 118 Å². The lowest BCUT2D eigenvalue weighted by molar-refractivity contribution is -0.145. The molecule has 1 aromatic carbocycles. The van der Waals surface area contributed by atoms with Crippen LogP contribution in [0.4, 0.5) is 0 Å². The maximum atomic E-state index is 11.8. The van der Waals surface area contributed by atoms with E-state index in [-0.39, 0.29) is 0 Å². The summed E-state index contributed by atoms with van der Waals surface area (Å²) in [5.74, 6) is -0.128. The molecule has 1 N–H and O–H groups in total. The van der Waals surface area contributed by atoms with Crippen molar-refractivity contribution in [1.82, 2.24) is 10.2 Å². The number of hydrogen-bond donors (Lipinski definition) is 1. The Bertz CT molecular complexity index is 482. The van der Waals surface area contributed by atoms with Gasteiger partial charge in [-0.3, -0.25) is 9.59 Å². The first-order valence-electron chi connectivity index (χ1n) is 6.91. The molecule has 5 heteroatoms. The van der Waals surface area contributed by atoms with Gasteiger partial charge in [-0.05, 0) is 30.9 Å². The molecular formula is C15H20N2O3. The standard InChI is InChI=1S/C15H20N2O3/c1-20-13-7-3-2-6-12(13)8-9-16-14(18)15(19)17-10-4-5-11-17/h2-3,6-7H,4-5,8-11H2,1H3,(H,16,18). The third-order valence-electron chi connectivity index (χ3n) is 3.46. The highest BCUT2D eigenvalue weighted by Crippen LogP contribution is 2.17. The number of hydrogen-bond acceptors (Lipinski definition) is 3. The van der Waals surface area contributed by atoms with Gasteiger partial charge in [0, 0.05) is 19.6 Å². The molecule has 1 aliphatic heterocycles. The average molecular weight is 276 g/mol. The van der Waals surface area contributed by atoms with E-state index in [1.807, 2.05) is 24.3 Å². The van der Waals surface area contributed by atoms with Gasteiger partial charge in [-0.2, -0.15) is 0 Å². The summed E-state index contributed by atoms with van der Waals surface area (Å²) >= 11 is 0. The number of methoxy groups -OCH3 is 1. The number of nitrogens with zero attached hydrogens (tertiary/aromatic N) is 1. The third-order valence-corrected chi connectivity index (χ3v) is 3.46. The van der Waals surface area contributed by atoms with Gasteiger partial charge in [0.1, 0.15) is 5.75 Å². The van der Waals surface area contributed by atoms with Gasteiger partial charge in [0.25, 0.3) is 0 Å². The van der Waals surface area contributed by atoms with Crippen molar-refractivity contribution in [2.24, 2.45) is 0 Å². The van der Waals surface area contributed by atoms with Crippen LogP contribution in [-0.4, -0.2) is 43.5 Å². The fourth-order valence-electron chi connectivity index (χ4n) is 2.36. The van der Waals surface area contributed by atoms with Crippen LogP contribution in [0.2, 0.25) is 0 Å². The Balaban J connectivity index is 1.80. The van der Waals surface area contributed by atoms with Gasteiger partial charge in [0.05, 0.1) is 7.11 Å². The number of para-hydroxylation sites is 1. The van der Waals surface area contributed by atoms with Crippen LogP contribution < -0.4 is 10.1 Å². The van der Waals surface area contributed by atoms with Crippen LogP contribution in [0.25, 0.3) is 0 Å². The molecule has 0 aliphatic carbocycles. The van der Waals surface area contributed by atoms with Gasteiger partial charge >= 0.3 is 11.8 Å². The second-order valence-corrected chi connectivity index (χ2v) is 4.82. The molecule has 108 valence electrons. The highest BCUT2D eigenvalue weighted by molar-refractivity contribution is 6.35. The zero-order valence-electron chi connectivity index (χ0n) is 11.7. The lowest BCUT2D eigenvalue weighted by atomic mass is 10.1. The molecule has 0 aromatic heterocycles. The normalized spacial score (nSPS) is 14.2. The molecule has 1 saturated heterocycles. The van der Waals surface area contributed by atoms with Crippen LogP contribution >= 0.6 is 0 Å². The summed E-state index contributed by atoms with van der Waals surface area (Å²) in [7, 11) is 1.62. The number of carbonyl (C=O) groups excluding carboxylic acids is 2. The Morgan fingerprint density at radius 1 is 1.25 bits per heavy atom. The lowest BCUT2D eigenvalue weighted by Crippen LogP contribution is -2.42. The lowest BCUT2D eigenvalue weighted by Gasteiger charge is -2.14. The van der Waals surface area contributed by atoms with E-state index >= 15 is 0 Å². The highest BCUT2D eigenvalue weighted by Gasteiger charge is 2.23. The van der Waals surface area contributed by atoms with Crippen LogP contribution in [0.1, 0.15) is 18.4 Å². The Morgan fingerprint density at radius 2 is 1.95 bits per heavy atom. The smallest absolute Gasteiger partial charge is 0.311 e. The first-order valence-corrected chi connectivity index (χ1v) is 6.91. The zero-order chi connectivity index (χ0) is 14.4. The molecule has 0 atom stereocenters. The monoisotopic (exact) mass is 276 g/mol. The van der Waals surface area contributed by atoms with E-state index in [0.29, 0.717) is 26.1 Å². The third kappa shape index (κ3) is 3.50. The number of carbonyl (C=O) groups is 2. The van der Waals surface area contributed by atoms with Gasteiger partial charge in [-0.1, -0.05) is 18.2 Å². The first kappa shape index (κ1) is 14.4. The molecule has 0 bridgehead atoms. The van der Waals surface area contributed by atoms with E-state index in [9.17, 15) is 9.59 Å². The fraction of sp³-hybridized carbons (Fsp3) is 0.467. The molecule has 2 rings (SSSR count). The fourth-order valence-corrected chi connectivity index (χ4v) is 2.36. The molecule has 0 unspecified atom stereocenters. The van der Waals surface area contributed by atoms with Gasteiger partial charge in [0.2, 0.25) is 0 Å². The van der Waals surface area contributed by atoms with Gasteiger partial charge in [-0.25, -0.2) is 0 Å². The number of amides is 2. The molecule has 1 fully saturated rings. The molecule has 0 saturated carbocycles. The van der Waals surface area contributed by atoms with E-state index in [0.717, 1.165) is 24.2 Å². The number of rotatable bonds is 4. The van der Waals surface area contributed by atoms with E-state index in [4.69, 9.17) is 4.74 Å². The molecular weight excluding hydrogens is 256 g/mol. The number of nitrogens with one attached hydrogen (secondary N) is 1. The first-order chi connectivity index (χ1) is 9.72. The van der Waals surface area contributed by atoms with Crippen LogP contribution in [0.5, 0.6) is 5.75 Å². The molecule has 1 heterocycles. The minimum atomic E-state index is -0.512. The molecule has 1 aromatic rings. The summed E-state index contributed by atoms with van der Waals surface area (Å²) in [6.45, 7) is 1.82. The van der Waals surface area contributed by atoms with Crippen LogP contribution in [0, 0.1) is 0 Å². The molecule has 1 aliphatic rings. The van der Waals surface area contributed by atoms with Crippen molar-refractivity contribution in [2.75, 3.05) is 26.7 Å². The Kier molecular flexibility index (Phi) is 4.98. The SMILES string of the molecule is COc1ccccc1CCNC(=O)C(=O)N1CCCC1. The topological polar surface area (TPSA) is 58.6 Å². The maximum absolute atomic E-state index is 11.8. The predicted octanol–water partition coefficient (Wildman–Crippen LogP) is 0.976. The maximum Gasteiger partial charge on any atom is 0.311 e. The van der Waals surface area contributed by atoms with Crippen molar-refractivity contribution in [2.45, 2.75) is 19.3 Å². The van der Waals surface area contributed by atoms with Gasteiger partial charge in [0.15, 0.2) is 0 Å². The Hall–Kier alpha value is -2.04. The summed E-state index contributed by atoms with van der Waals surface area (Å²) < 4.78 is 5.24. The highest BCUT2D eigenvalue weighted by atomic mass is 16.5. The molecule has 0 spiro atoms. The van der Waals surface area contributed by atoms with E-state index in [1.165, 1.54) is 0 Å². The summed E-state index contributed by atoms with van der Waals surface area (Å²) in [5, 5.41) is 2.67. The second-order valence-electron chi connectivity index (χ2n) is 4.82. The molecule has 0 radical (unpaired) electrons. The summed E-state index contributed by atoms with van der Waals surface area (Å²) in [6, 6.07) is 7.66. The molecule has 5 nitrogen and oxygen atoms in total. The van der Waals surface area contributed by atoms with Gasteiger partial charge in [-0.15, -0.1) is 0 Å². The van der Waals surface area contributed by atoms with E-state index in [1.54, 1.807) is 12.0 Å². The molecule has 20 heavy (non-hydrogen) atoms. The van der Waals surface area contributed by atoms with Crippen molar-refractivity contribution in [3.63, 3.8) is 0 Å². The second kappa shape index (κ2) is 6.93. The van der Waals surface area contributed by atoms with Crippen molar-refractivity contribution in [3.8, 4) is 5.75 Å². The van der Waals surface area contributed by atoms with Crippen LogP contribution in [0.15, 0.2) is 24.3 Å². The number of ether oxygens (including phenoxy) is 1. The molecule has 2 amide bonds. The minimum absolute atomic E-state index is 0.414. The zero-order valence-corrected chi connectivity index (χ0v) is 11.7. The van der Waals surface area contributed by atoms with Crippen LogP contribution in [-0.2, 0) is 16.0 Å². The summed E-state index contributed by atoms with van der Waals surface area (Å²) in [4.78, 5) is 25.2. The average Bonchev–Trinajstić information content (AvgIpc) is 3.01. The van der Waals surface area contributed by atoms with Crippen molar-refractivity contribution in [3.05, 3.63) is 29.8 Å². The van der Waals surface area contributed by atoms with E-state index in [2.05, 4.69) is 5.32 Å². The quantitative estimate of drug-likeness (QED) is 0.834. The van der Waals surface area contributed by atoms with Crippen molar-refractivity contribution >= 4 is 11.8 Å². The largest absolute Gasteiger partial charge is 0.496 e. The summed E-state index contributed by atoms with van der Waals surface area (Å²) in [6.07, 6.45) is 2.61. The van der Waals surface area contributed by atoms with Crippen molar-refractivity contribution < 1.29 is 14.3 Å². The summed E-state index contributed by atoms with van der Waals surface area (Å²) in [5.41, 5.74) is 1.02. The number of likely N-dealkylation sites (tertiary alicyclic amines) is 1.